The van der Waals surface area contributed by atoms with Gasteiger partial charge >= 0.3 is 6.18 Å². The van der Waals surface area contributed by atoms with E-state index in [9.17, 15) is 26.4 Å². The van der Waals surface area contributed by atoms with Crippen LogP contribution < -0.4 is 10.0 Å². The number of hydrogen-bond acceptors (Lipinski definition) is 3. The van der Waals surface area contributed by atoms with Crippen LogP contribution in [0.5, 0.6) is 0 Å². The van der Waals surface area contributed by atoms with Crippen molar-refractivity contribution in [1.29, 1.82) is 0 Å². The van der Waals surface area contributed by atoms with Gasteiger partial charge in [-0.1, -0.05) is 6.07 Å². The quantitative estimate of drug-likeness (QED) is 0.911. The normalized spacial score (nSPS) is 13.8. The van der Waals surface area contributed by atoms with Gasteiger partial charge in [0.05, 0.1) is 17.5 Å². The Bertz CT molecular complexity index is 614. The van der Waals surface area contributed by atoms with Gasteiger partial charge in [-0.15, -0.1) is 0 Å². The molecule has 0 aliphatic carbocycles. The molecule has 20 heavy (non-hydrogen) atoms. The third kappa shape index (κ3) is 3.62. The Kier molecular flexibility index (Phi) is 4.33. The van der Waals surface area contributed by atoms with Crippen molar-refractivity contribution in [3.05, 3.63) is 29.8 Å². The number of benzene rings is 1. The molecule has 0 aliphatic rings. The molecule has 112 valence electrons. The number of primary amides is 1. The second-order valence-electron chi connectivity index (χ2n) is 4.19. The van der Waals surface area contributed by atoms with Crippen LogP contribution in [0.25, 0.3) is 0 Å². The molecule has 0 fully saturated rings. The minimum absolute atomic E-state index is 0.270. The number of sulfonamides is 1. The molecule has 1 unspecified atom stereocenters. The maximum Gasteiger partial charge on any atom is 0.416 e. The summed E-state index contributed by atoms with van der Waals surface area (Å²) in [7, 11) is -3.96. The van der Waals surface area contributed by atoms with E-state index in [-0.39, 0.29) is 5.69 Å². The van der Waals surface area contributed by atoms with Gasteiger partial charge in [0.25, 0.3) is 0 Å². The number of carbonyl (C=O) groups excluding carboxylic acids is 1. The SMILES string of the molecule is CC(C(N)=O)N(c1cccc(C(F)(F)F)c1)S(C)(=O)=O. The second-order valence-corrected chi connectivity index (χ2v) is 6.04. The summed E-state index contributed by atoms with van der Waals surface area (Å²) in [5, 5.41) is 0. The first-order valence-electron chi connectivity index (χ1n) is 5.40. The summed E-state index contributed by atoms with van der Waals surface area (Å²) in [6, 6.07) is 2.38. The minimum Gasteiger partial charge on any atom is -0.368 e. The summed E-state index contributed by atoms with van der Waals surface area (Å²) in [5.74, 6) is -0.965. The molecule has 2 N–H and O–H groups in total. The van der Waals surface area contributed by atoms with Gasteiger partial charge in [-0.25, -0.2) is 8.42 Å². The van der Waals surface area contributed by atoms with E-state index in [0.717, 1.165) is 24.5 Å². The van der Waals surface area contributed by atoms with Crippen LogP contribution in [0.4, 0.5) is 18.9 Å². The van der Waals surface area contributed by atoms with Crippen LogP contribution in [-0.4, -0.2) is 26.6 Å². The van der Waals surface area contributed by atoms with Gasteiger partial charge in [-0.05, 0) is 25.1 Å². The highest BCUT2D eigenvalue weighted by atomic mass is 32.2. The molecule has 1 atom stereocenters. The lowest BCUT2D eigenvalue weighted by molar-refractivity contribution is -0.137. The summed E-state index contributed by atoms with van der Waals surface area (Å²) >= 11 is 0. The molecular weight excluding hydrogens is 297 g/mol. The molecular formula is C11H13F3N2O3S. The Hall–Kier alpha value is -1.77. The van der Waals surface area contributed by atoms with E-state index >= 15 is 0 Å². The monoisotopic (exact) mass is 310 g/mol. The van der Waals surface area contributed by atoms with Gasteiger partial charge in [0.1, 0.15) is 6.04 Å². The van der Waals surface area contributed by atoms with E-state index < -0.39 is 33.7 Å². The first-order valence-corrected chi connectivity index (χ1v) is 7.25. The third-order valence-corrected chi connectivity index (χ3v) is 3.79. The molecule has 1 rings (SSSR count). The predicted octanol–water partition coefficient (Wildman–Crippen LogP) is 1.35. The van der Waals surface area contributed by atoms with Gasteiger partial charge in [-0.3, -0.25) is 9.10 Å². The van der Waals surface area contributed by atoms with Crippen molar-refractivity contribution < 1.29 is 26.4 Å². The number of hydrogen-bond donors (Lipinski definition) is 1. The standard InChI is InChI=1S/C11H13F3N2O3S/c1-7(10(15)17)16(20(2,18)19)9-5-3-4-8(6-9)11(12,13)14/h3-7H,1-2H3,(H2,15,17). The Labute approximate surface area is 114 Å². The molecule has 0 aliphatic heterocycles. The molecule has 1 amide bonds. The van der Waals surface area contributed by atoms with Crippen molar-refractivity contribution in [3.8, 4) is 0 Å². The third-order valence-electron chi connectivity index (χ3n) is 2.55. The van der Waals surface area contributed by atoms with Gasteiger partial charge in [-0.2, -0.15) is 13.2 Å². The molecule has 0 spiro atoms. The molecule has 0 heterocycles. The summed E-state index contributed by atoms with van der Waals surface area (Å²) in [4.78, 5) is 11.1. The lowest BCUT2D eigenvalue weighted by atomic mass is 10.2. The highest BCUT2D eigenvalue weighted by Crippen LogP contribution is 2.32. The maximum absolute atomic E-state index is 12.6. The Balaban J connectivity index is 3.40. The number of amides is 1. The van der Waals surface area contributed by atoms with Crippen molar-refractivity contribution in [1.82, 2.24) is 0 Å². The lowest BCUT2D eigenvalue weighted by Crippen LogP contribution is -2.46. The molecule has 0 saturated carbocycles. The molecule has 5 nitrogen and oxygen atoms in total. The van der Waals surface area contributed by atoms with E-state index in [0.29, 0.717) is 10.4 Å². The van der Waals surface area contributed by atoms with E-state index in [2.05, 4.69) is 0 Å². The molecule has 1 aromatic rings. The minimum atomic E-state index is -4.62. The number of nitrogens with zero attached hydrogens (tertiary/aromatic N) is 1. The van der Waals surface area contributed by atoms with Crippen LogP contribution in [0.1, 0.15) is 12.5 Å². The van der Waals surface area contributed by atoms with Crippen molar-refractivity contribution in [2.24, 2.45) is 5.73 Å². The van der Waals surface area contributed by atoms with Crippen LogP contribution in [0, 0.1) is 0 Å². The van der Waals surface area contributed by atoms with E-state index in [4.69, 9.17) is 5.73 Å². The number of alkyl halides is 3. The van der Waals surface area contributed by atoms with Gasteiger partial charge < -0.3 is 5.73 Å². The first kappa shape index (κ1) is 16.3. The van der Waals surface area contributed by atoms with Crippen molar-refractivity contribution in [2.75, 3.05) is 10.6 Å². The summed E-state index contributed by atoms with van der Waals surface area (Å²) in [6.07, 6.45) is -3.83. The van der Waals surface area contributed by atoms with Crippen LogP contribution in [0.3, 0.4) is 0 Å². The smallest absolute Gasteiger partial charge is 0.368 e. The Morgan fingerprint density at radius 2 is 1.90 bits per heavy atom. The van der Waals surface area contributed by atoms with Crippen molar-refractivity contribution in [3.63, 3.8) is 0 Å². The molecule has 0 saturated heterocycles. The predicted molar refractivity (Wildman–Crippen MR) is 67.4 cm³/mol. The summed E-state index contributed by atoms with van der Waals surface area (Å²) in [5.41, 5.74) is 3.74. The maximum atomic E-state index is 12.6. The largest absolute Gasteiger partial charge is 0.416 e. The Morgan fingerprint density at radius 1 is 1.35 bits per heavy atom. The number of rotatable bonds is 4. The van der Waals surface area contributed by atoms with E-state index in [1.807, 2.05) is 0 Å². The summed E-state index contributed by atoms with van der Waals surface area (Å²) in [6.45, 7) is 1.20. The highest BCUT2D eigenvalue weighted by Gasteiger charge is 2.33. The highest BCUT2D eigenvalue weighted by molar-refractivity contribution is 7.92. The van der Waals surface area contributed by atoms with Crippen molar-refractivity contribution in [2.45, 2.75) is 19.1 Å². The van der Waals surface area contributed by atoms with Crippen LogP contribution in [-0.2, 0) is 21.0 Å². The van der Waals surface area contributed by atoms with E-state index in [1.54, 1.807) is 0 Å². The van der Waals surface area contributed by atoms with Crippen LogP contribution in [0.15, 0.2) is 24.3 Å². The molecule has 1 aromatic carbocycles. The zero-order valence-electron chi connectivity index (χ0n) is 10.7. The Morgan fingerprint density at radius 3 is 2.30 bits per heavy atom. The van der Waals surface area contributed by atoms with Gasteiger partial charge in [0, 0.05) is 0 Å². The average molecular weight is 310 g/mol. The van der Waals surface area contributed by atoms with Gasteiger partial charge in [0.15, 0.2) is 0 Å². The number of nitrogens with two attached hydrogens (primary N) is 1. The van der Waals surface area contributed by atoms with Crippen LogP contribution >= 0.6 is 0 Å². The number of carbonyl (C=O) groups is 1. The van der Waals surface area contributed by atoms with Crippen molar-refractivity contribution >= 4 is 21.6 Å². The fraction of sp³-hybridized carbons (Fsp3) is 0.364. The fourth-order valence-corrected chi connectivity index (χ4v) is 2.81. The first-order chi connectivity index (χ1) is 8.94. The molecule has 0 aromatic heterocycles. The zero-order valence-corrected chi connectivity index (χ0v) is 11.5. The second kappa shape index (κ2) is 5.31. The fourth-order valence-electron chi connectivity index (χ4n) is 1.64. The molecule has 9 heteroatoms. The van der Waals surface area contributed by atoms with Crippen LogP contribution in [0.2, 0.25) is 0 Å². The molecule has 0 radical (unpaired) electrons. The molecule has 0 bridgehead atoms. The number of anilines is 1. The van der Waals surface area contributed by atoms with E-state index in [1.165, 1.54) is 6.92 Å². The topological polar surface area (TPSA) is 80.5 Å². The number of halogens is 3. The average Bonchev–Trinajstić information content (AvgIpc) is 2.26. The van der Waals surface area contributed by atoms with Gasteiger partial charge in [0.2, 0.25) is 15.9 Å². The zero-order chi connectivity index (χ0) is 15.7. The lowest BCUT2D eigenvalue weighted by Gasteiger charge is -2.27. The summed E-state index contributed by atoms with van der Waals surface area (Å²) < 4.78 is 61.8.